The van der Waals surface area contributed by atoms with Gasteiger partial charge < -0.3 is 4.90 Å². The quantitative estimate of drug-likeness (QED) is 0.698. The molecule has 1 aromatic rings. The topological polar surface area (TPSA) is 15.6 Å². The normalized spacial score (nSPS) is 20.1. The molecule has 0 unspecified atom stereocenters. The van der Waals surface area contributed by atoms with Crippen LogP contribution in [-0.4, -0.2) is 29.2 Å². The van der Waals surface area contributed by atoms with Crippen LogP contribution in [0.3, 0.4) is 0 Å². The van der Waals surface area contributed by atoms with E-state index in [1.165, 1.54) is 43.7 Å². The maximum Gasteiger partial charge on any atom is 0.159 e. The molecule has 0 spiro atoms. The summed E-state index contributed by atoms with van der Waals surface area (Å²) >= 11 is 14.3. The standard InChI is InChI=1S/C17H22Cl2N2S/c18-15-8-4-9-16(19)14(15)12-22-17-20-10-5-11-21(17)13-6-2-1-3-7-13/h4,8-9,13H,1-3,5-7,10-12H2. The number of thioether (sulfide) groups is 1. The molecule has 0 amide bonds. The van der Waals surface area contributed by atoms with Crippen LogP contribution in [0.2, 0.25) is 10.0 Å². The molecule has 0 N–H and O–H groups in total. The van der Waals surface area contributed by atoms with Crippen LogP contribution >= 0.6 is 35.0 Å². The Balaban J connectivity index is 1.68. The third kappa shape index (κ3) is 3.93. The van der Waals surface area contributed by atoms with Crippen LogP contribution < -0.4 is 0 Å². The van der Waals surface area contributed by atoms with Crippen LogP contribution in [-0.2, 0) is 5.75 Å². The van der Waals surface area contributed by atoms with Crippen molar-refractivity contribution in [2.45, 2.75) is 50.3 Å². The highest BCUT2D eigenvalue weighted by Crippen LogP contribution is 2.32. The molecule has 0 aromatic heterocycles. The number of rotatable bonds is 3. The Morgan fingerprint density at radius 1 is 1.09 bits per heavy atom. The lowest BCUT2D eigenvalue weighted by Gasteiger charge is -2.38. The number of aliphatic imine (C=N–C) groups is 1. The zero-order chi connectivity index (χ0) is 15.4. The van der Waals surface area contributed by atoms with E-state index in [4.69, 9.17) is 28.2 Å². The SMILES string of the molecule is Clc1cccc(Cl)c1CSC1=NCCCN1C1CCCCC1. The molecule has 1 fully saturated rings. The van der Waals surface area contributed by atoms with Gasteiger partial charge in [-0.15, -0.1) is 0 Å². The molecular weight excluding hydrogens is 335 g/mol. The molecular formula is C17H22Cl2N2S. The lowest BCUT2D eigenvalue weighted by molar-refractivity contribution is 0.239. The lowest BCUT2D eigenvalue weighted by Crippen LogP contribution is -2.43. The van der Waals surface area contributed by atoms with Crippen molar-refractivity contribution in [1.29, 1.82) is 0 Å². The number of nitrogens with zero attached hydrogens (tertiary/aromatic N) is 2. The maximum atomic E-state index is 6.28. The van der Waals surface area contributed by atoms with E-state index in [0.717, 1.165) is 34.5 Å². The first-order valence-corrected chi connectivity index (χ1v) is 9.86. The average molecular weight is 357 g/mol. The Morgan fingerprint density at radius 2 is 1.82 bits per heavy atom. The molecule has 1 saturated carbocycles. The van der Waals surface area contributed by atoms with Gasteiger partial charge in [-0.05, 0) is 37.0 Å². The molecule has 0 atom stereocenters. The van der Waals surface area contributed by atoms with E-state index in [-0.39, 0.29) is 0 Å². The highest BCUT2D eigenvalue weighted by molar-refractivity contribution is 8.13. The second kappa shape index (κ2) is 7.94. The average Bonchev–Trinajstić information content (AvgIpc) is 2.56. The van der Waals surface area contributed by atoms with Crippen LogP contribution in [0.4, 0.5) is 0 Å². The molecule has 3 rings (SSSR count). The van der Waals surface area contributed by atoms with Crippen LogP contribution in [0, 0.1) is 0 Å². The third-order valence-electron chi connectivity index (χ3n) is 4.47. The Morgan fingerprint density at radius 3 is 2.55 bits per heavy atom. The second-order valence-electron chi connectivity index (χ2n) is 5.99. The minimum absolute atomic E-state index is 0.682. The Bertz CT molecular complexity index is 521. The molecule has 2 aliphatic rings. The summed E-state index contributed by atoms with van der Waals surface area (Å²) in [5.74, 6) is 0.792. The fourth-order valence-corrected chi connectivity index (χ4v) is 5.13. The Hall–Kier alpha value is -0.380. The van der Waals surface area contributed by atoms with Crippen LogP contribution in [0.25, 0.3) is 0 Å². The van der Waals surface area contributed by atoms with Crippen molar-refractivity contribution in [3.63, 3.8) is 0 Å². The molecule has 0 saturated heterocycles. The van der Waals surface area contributed by atoms with E-state index in [2.05, 4.69) is 4.90 Å². The van der Waals surface area contributed by atoms with Crippen molar-refractivity contribution in [3.05, 3.63) is 33.8 Å². The Kier molecular flexibility index (Phi) is 5.95. The first-order valence-electron chi connectivity index (χ1n) is 8.12. The third-order valence-corrected chi connectivity index (χ3v) is 6.24. The number of amidine groups is 1. The minimum Gasteiger partial charge on any atom is -0.348 e. The predicted molar refractivity (Wildman–Crippen MR) is 98.3 cm³/mol. The van der Waals surface area contributed by atoms with Gasteiger partial charge in [0.2, 0.25) is 0 Å². The smallest absolute Gasteiger partial charge is 0.159 e. The molecule has 5 heteroatoms. The van der Waals surface area contributed by atoms with Gasteiger partial charge in [-0.1, -0.05) is 60.3 Å². The van der Waals surface area contributed by atoms with Crippen molar-refractivity contribution in [3.8, 4) is 0 Å². The van der Waals surface area contributed by atoms with Crippen LogP contribution in [0.5, 0.6) is 0 Å². The van der Waals surface area contributed by atoms with Gasteiger partial charge in [0.15, 0.2) is 5.17 Å². The largest absolute Gasteiger partial charge is 0.348 e. The first kappa shape index (κ1) is 16.5. The summed E-state index contributed by atoms with van der Waals surface area (Å²) in [5, 5.41) is 2.69. The zero-order valence-electron chi connectivity index (χ0n) is 12.7. The van der Waals surface area contributed by atoms with E-state index >= 15 is 0 Å². The summed E-state index contributed by atoms with van der Waals surface area (Å²) in [6, 6.07) is 6.39. The summed E-state index contributed by atoms with van der Waals surface area (Å²) < 4.78 is 0. The molecule has 120 valence electrons. The minimum atomic E-state index is 0.682. The van der Waals surface area contributed by atoms with Gasteiger partial charge in [-0.25, -0.2) is 0 Å². The van der Waals surface area contributed by atoms with Crippen molar-refractivity contribution < 1.29 is 0 Å². The van der Waals surface area contributed by atoms with Gasteiger partial charge in [0.1, 0.15) is 0 Å². The van der Waals surface area contributed by atoms with Gasteiger partial charge in [0, 0.05) is 34.9 Å². The van der Waals surface area contributed by atoms with Gasteiger partial charge in [0.05, 0.1) is 0 Å². The van der Waals surface area contributed by atoms with Gasteiger partial charge >= 0.3 is 0 Å². The molecule has 1 heterocycles. The first-order chi connectivity index (χ1) is 10.8. The molecule has 22 heavy (non-hydrogen) atoms. The summed E-state index contributed by atoms with van der Waals surface area (Å²) in [6.07, 6.45) is 7.90. The summed E-state index contributed by atoms with van der Waals surface area (Å²) in [4.78, 5) is 7.32. The number of hydrogen-bond acceptors (Lipinski definition) is 3. The number of benzene rings is 1. The van der Waals surface area contributed by atoms with Crippen molar-refractivity contribution >= 4 is 40.1 Å². The Labute approximate surface area is 147 Å². The van der Waals surface area contributed by atoms with Gasteiger partial charge in [0.25, 0.3) is 0 Å². The molecule has 0 bridgehead atoms. The predicted octanol–water partition coefficient (Wildman–Crippen LogP) is 5.62. The van der Waals surface area contributed by atoms with E-state index in [0.29, 0.717) is 6.04 Å². The fourth-order valence-electron chi connectivity index (χ4n) is 3.27. The number of hydrogen-bond donors (Lipinski definition) is 0. The summed E-state index contributed by atoms with van der Waals surface area (Å²) in [6.45, 7) is 2.09. The summed E-state index contributed by atoms with van der Waals surface area (Å²) in [5.41, 5.74) is 1.02. The molecule has 1 aromatic carbocycles. The van der Waals surface area contributed by atoms with E-state index in [1.54, 1.807) is 11.8 Å². The van der Waals surface area contributed by atoms with E-state index in [9.17, 15) is 0 Å². The monoisotopic (exact) mass is 356 g/mol. The van der Waals surface area contributed by atoms with Crippen molar-refractivity contribution in [2.75, 3.05) is 13.1 Å². The molecule has 1 aliphatic carbocycles. The molecule has 0 radical (unpaired) electrons. The fraction of sp³-hybridized carbons (Fsp3) is 0.588. The van der Waals surface area contributed by atoms with Gasteiger partial charge in [-0.3, -0.25) is 4.99 Å². The highest BCUT2D eigenvalue weighted by Gasteiger charge is 2.26. The second-order valence-corrected chi connectivity index (χ2v) is 7.75. The van der Waals surface area contributed by atoms with Crippen molar-refractivity contribution in [1.82, 2.24) is 4.90 Å². The zero-order valence-corrected chi connectivity index (χ0v) is 15.1. The maximum absolute atomic E-state index is 6.28. The highest BCUT2D eigenvalue weighted by atomic mass is 35.5. The summed E-state index contributed by atoms with van der Waals surface area (Å²) in [7, 11) is 0. The van der Waals surface area contributed by atoms with Gasteiger partial charge in [-0.2, -0.15) is 0 Å². The molecule has 1 aliphatic heterocycles. The molecule has 2 nitrogen and oxygen atoms in total. The van der Waals surface area contributed by atoms with E-state index in [1.807, 2.05) is 18.2 Å². The van der Waals surface area contributed by atoms with Crippen LogP contribution in [0.1, 0.15) is 44.1 Å². The number of halogens is 2. The van der Waals surface area contributed by atoms with Crippen molar-refractivity contribution in [2.24, 2.45) is 4.99 Å². The lowest BCUT2D eigenvalue weighted by atomic mass is 9.94. The van der Waals surface area contributed by atoms with Crippen LogP contribution in [0.15, 0.2) is 23.2 Å². The van der Waals surface area contributed by atoms with E-state index < -0.39 is 0 Å².